The van der Waals surface area contributed by atoms with Gasteiger partial charge in [0, 0.05) is 37.4 Å². The number of hydrogen-bond donors (Lipinski definition) is 1. The zero-order chi connectivity index (χ0) is 14.4. The van der Waals surface area contributed by atoms with Crippen LogP contribution >= 0.6 is 11.8 Å². The van der Waals surface area contributed by atoms with Gasteiger partial charge < -0.3 is 15.4 Å². The van der Waals surface area contributed by atoms with Crippen molar-refractivity contribution in [3.63, 3.8) is 0 Å². The minimum absolute atomic E-state index is 0.00792. The Morgan fingerprint density at radius 1 is 1.50 bits per heavy atom. The molecule has 2 heterocycles. The van der Waals surface area contributed by atoms with Crippen molar-refractivity contribution in [1.82, 2.24) is 4.90 Å². The predicted molar refractivity (Wildman–Crippen MR) is 83.9 cm³/mol. The molecule has 0 aromatic carbocycles. The Labute approximate surface area is 126 Å². The third kappa shape index (κ3) is 4.64. The van der Waals surface area contributed by atoms with Crippen LogP contribution in [0.2, 0.25) is 0 Å². The molecule has 2 aliphatic heterocycles. The maximum Gasteiger partial charge on any atom is 0.224 e. The average Bonchev–Trinajstić information content (AvgIpc) is 3.09. The van der Waals surface area contributed by atoms with Crippen LogP contribution in [0, 0.1) is 0 Å². The number of nitrogens with two attached hydrogens (primary N) is 1. The molecular weight excluding hydrogens is 272 g/mol. The van der Waals surface area contributed by atoms with Crippen molar-refractivity contribution < 1.29 is 9.53 Å². The number of carbonyl (C=O) groups is 1. The second kappa shape index (κ2) is 8.25. The van der Waals surface area contributed by atoms with Crippen molar-refractivity contribution in [2.75, 3.05) is 24.7 Å². The lowest BCUT2D eigenvalue weighted by Crippen LogP contribution is -2.46. The van der Waals surface area contributed by atoms with Gasteiger partial charge in [0.05, 0.1) is 6.10 Å². The Morgan fingerprint density at radius 2 is 2.35 bits per heavy atom. The van der Waals surface area contributed by atoms with Crippen LogP contribution < -0.4 is 5.73 Å². The highest BCUT2D eigenvalue weighted by molar-refractivity contribution is 7.99. The third-order valence-corrected chi connectivity index (χ3v) is 5.33. The monoisotopic (exact) mass is 300 g/mol. The summed E-state index contributed by atoms with van der Waals surface area (Å²) in [5.74, 6) is 2.47. The maximum atomic E-state index is 12.6. The van der Waals surface area contributed by atoms with E-state index >= 15 is 0 Å². The Morgan fingerprint density at radius 3 is 2.95 bits per heavy atom. The Bertz CT molecular complexity index is 302. The van der Waals surface area contributed by atoms with Crippen molar-refractivity contribution in [3.8, 4) is 0 Å². The lowest BCUT2D eigenvalue weighted by Gasteiger charge is -2.31. The Balaban J connectivity index is 1.91. The van der Waals surface area contributed by atoms with Crippen LogP contribution in [0.3, 0.4) is 0 Å². The zero-order valence-corrected chi connectivity index (χ0v) is 13.4. The minimum Gasteiger partial charge on any atom is -0.376 e. The summed E-state index contributed by atoms with van der Waals surface area (Å²) in [7, 11) is 0. The van der Waals surface area contributed by atoms with Crippen LogP contribution in [0.5, 0.6) is 0 Å². The topological polar surface area (TPSA) is 55.6 Å². The fraction of sp³-hybridized carbons (Fsp3) is 0.933. The average molecular weight is 300 g/mol. The molecule has 2 rings (SSSR count). The van der Waals surface area contributed by atoms with E-state index in [-0.39, 0.29) is 18.1 Å². The summed E-state index contributed by atoms with van der Waals surface area (Å²) in [6.45, 7) is 3.73. The molecule has 0 bridgehead atoms. The molecule has 5 heteroatoms. The number of rotatable bonds is 7. The first-order valence-corrected chi connectivity index (χ1v) is 9.10. The molecule has 20 heavy (non-hydrogen) atoms. The van der Waals surface area contributed by atoms with Gasteiger partial charge >= 0.3 is 0 Å². The SMILES string of the molecule is CCCC(N)CC(=O)N(CC1CCCO1)C1CCSC1. The van der Waals surface area contributed by atoms with Gasteiger partial charge in [0.1, 0.15) is 0 Å². The van der Waals surface area contributed by atoms with Gasteiger partial charge in [-0.15, -0.1) is 0 Å². The fourth-order valence-electron chi connectivity index (χ4n) is 3.04. The molecular formula is C15H28N2O2S. The fourth-order valence-corrected chi connectivity index (χ4v) is 4.27. The standard InChI is InChI=1S/C15H28N2O2S/c1-2-4-12(16)9-15(18)17(13-6-8-20-11-13)10-14-5-3-7-19-14/h12-14H,2-11,16H2,1H3. The molecule has 4 nitrogen and oxygen atoms in total. The van der Waals surface area contributed by atoms with E-state index in [2.05, 4.69) is 11.8 Å². The number of thioether (sulfide) groups is 1. The van der Waals surface area contributed by atoms with Gasteiger partial charge in [-0.05, 0) is 31.4 Å². The van der Waals surface area contributed by atoms with Gasteiger partial charge in [-0.2, -0.15) is 11.8 Å². The van der Waals surface area contributed by atoms with Crippen molar-refractivity contribution >= 4 is 17.7 Å². The molecule has 0 radical (unpaired) electrons. The number of hydrogen-bond acceptors (Lipinski definition) is 4. The summed E-state index contributed by atoms with van der Waals surface area (Å²) in [4.78, 5) is 14.7. The molecule has 3 unspecified atom stereocenters. The van der Waals surface area contributed by atoms with Gasteiger partial charge in [0.2, 0.25) is 5.91 Å². The van der Waals surface area contributed by atoms with Crippen molar-refractivity contribution in [3.05, 3.63) is 0 Å². The van der Waals surface area contributed by atoms with Crippen LogP contribution in [-0.2, 0) is 9.53 Å². The van der Waals surface area contributed by atoms with Gasteiger partial charge in [0.25, 0.3) is 0 Å². The van der Waals surface area contributed by atoms with Crippen LogP contribution in [0.1, 0.15) is 45.4 Å². The molecule has 0 aromatic heterocycles. The first-order valence-electron chi connectivity index (χ1n) is 7.95. The van der Waals surface area contributed by atoms with Crippen molar-refractivity contribution in [2.45, 2.75) is 63.6 Å². The Kier molecular flexibility index (Phi) is 6.65. The highest BCUT2D eigenvalue weighted by Crippen LogP contribution is 2.25. The highest BCUT2D eigenvalue weighted by atomic mass is 32.2. The van der Waals surface area contributed by atoms with E-state index in [4.69, 9.17) is 10.5 Å². The van der Waals surface area contributed by atoms with Crippen LogP contribution in [0.25, 0.3) is 0 Å². The number of ether oxygens (including phenoxy) is 1. The molecule has 1 amide bonds. The minimum atomic E-state index is 0.00792. The second-order valence-corrected chi connectivity index (χ2v) is 7.10. The van der Waals surface area contributed by atoms with Crippen LogP contribution in [0.4, 0.5) is 0 Å². The van der Waals surface area contributed by atoms with E-state index in [1.807, 2.05) is 11.8 Å². The number of amides is 1. The molecule has 2 N–H and O–H groups in total. The van der Waals surface area contributed by atoms with E-state index < -0.39 is 0 Å². The van der Waals surface area contributed by atoms with E-state index in [0.29, 0.717) is 12.5 Å². The van der Waals surface area contributed by atoms with Crippen LogP contribution in [0.15, 0.2) is 0 Å². The predicted octanol–water partition coefficient (Wildman–Crippen LogP) is 2.02. The lowest BCUT2D eigenvalue weighted by atomic mass is 10.1. The molecule has 3 atom stereocenters. The maximum absolute atomic E-state index is 12.6. The lowest BCUT2D eigenvalue weighted by molar-refractivity contribution is -0.135. The molecule has 0 saturated carbocycles. The van der Waals surface area contributed by atoms with Gasteiger partial charge in [-0.25, -0.2) is 0 Å². The van der Waals surface area contributed by atoms with Crippen molar-refractivity contribution in [2.24, 2.45) is 5.73 Å². The molecule has 2 fully saturated rings. The summed E-state index contributed by atoms with van der Waals surface area (Å²) in [6, 6.07) is 0.402. The highest BCUT2D eigenvalue weighted by Gasteiger charge is 2.30. The third-order valence-electron chi connectivity index (χ3n) is 4.19. The quantitative estimate of drug-likeness (QED) is 0.781. The smallest absolute Gasteiger partial charge is 0.224 e. The van der Waals surface area contributed by atoms with Crippen LogP contribution in [-0.4, -0.2) is 53.7 Å². The van der Waals surface area contributed by atoms with Gasteiger partial charge in [-0.1, -0.05) is 13.3 Å². The molecule has 0 spiro atoms. The summed E-state index contributed by atoms with van der Waals surface area (Å²) in [5, 5.41) is 0. The summed E-state index contributed by atoms with van der Waals surface area (Å²) in [6.07, 6.45) is 6.03. The number of carbonyl (C=O) groups excluding carboxylic acids is 1. The van der Waals surface area contributed by atoms with Gasteiger partial charge in [-0.3, -0.25) is 4.79 Å². The number of nitrogens with zero attached hydrogens (tertiary/aromatic N) is 1. The van der Waals surface area contributed by atoms with E-state index in [1.54, 1.807) is 0 Å². The summed E-state index contributed by atoms with van der Waals surface area (Å²) in [5.41, 5.74) is 6.05. The first kappa shape index (κ1) is 16.1. The summed E-state index contributed by atoms with van der Waals surface area (Å²) < 4.78 is 5.71. The Hall–Kier alpha value is -0.260. The molecule has 2 saturated heterocycles. The normalized spacial score (nSPS) is 27.7. The molecule has 2 aliphatic rings. The van der Waals surface area contributed by atoms with Crippen molar-refractivity contribution in [1.29, 1.82) is 0 Å². The summed E-state index contributed by atoms with van der Waals surface area (Å²) >= 11 is 1.95. The molecule has 0 aliphatic carbocycles. The first-order chi connectivity index (χ1) is 9.70. The second-order valence-electron chi connectivity index (χ2n) is 5.95. The largest absolute Gasteiger partial charge is 0.376 e. The molecule has 0 aromatic rings. The zero-order valence-electron chi connectivity index (χ0n) is 12.6. The van der Waals surface area contributed by atoms with Gasteiger partial charge in [0.15, 0.2) is 0 Å². The van der Waals surface area contributed by atoms with E-state index in [9.17, 15) is 4.79 Å². The molecule has 116 valence electrons. The van der Waals surface area contributed by atoms with E-state index in [1.165, 1.54) is 5.75 Å². The van der Waals surface area contributed by atoms with E-state index in [0.717, 1.165) is 51.0 Å².